The molecule has 1 N–H and O–H groups in total. The standard InChI is InChI=1S/C22H27NO6/c1-23(25)9-8-13-10-15(26-2)20(24)19-17(13)14(23)7-6-12-11-16(27-3)21(28-4)22(29-5)18(12)19/h10-11,14,24H,6-9H2,1-5H3/t14-,23?/m1/s1. The number of methoxy groups -OCH3 is 4. The highest BCUT2D eigenvalue weighted by molar-refractivity contribution is 5.88. The van der Waals surface area contributed by atoms with Crippen LogP contribution >= 0.6 is 0 Å². The lowest BCUT2D eigenvalue weighted by Gasteiger charge is -2.49. The van der Waals surface area contributed by atoms with E-state index in [2.05, 4.69) is 0 Å². The number of aromatic hydroxyl groups is 1. The molecule has 2 aromatic carbocycles. The molecule has 1 unspecified atom stereocenters. The fourth-order valence-electron chi connectivity index (χ4n) is 4.87. The van der Waals surface area contributed by atoms with Crippen LogP contribution in [0.1, 0.15) is 29.2 Å². The van der Waals surface area contributed by atoms with Gasteiger partial charge in [0.1, 0.15) is 6.04 Å². The molecule has 4 rings (SSSR count). The quantitative estimate of drug-likeness (QED) is 0.623. The normalized spacial score (nSPS) is 22.2. The molecule has 0 radical (unpaired) electrons. The number of aryl methyl sites for hydroxylation is 1. The van der Waals surface area contributed by atoms with E-state index in [0.717, 1.165) is 22.3 Å². The van der Waals surface area contributed by atoms with Crippen molar-refractivity contribution in [1.29, 1.82) is 0 Å². The Morgan fingerprint density at radius 1 is 0.897 bits per heavy atom. The van der Waals surface area contributed by atoms with Crippen LogP contribution in [0.5, 0.6) is 28.7 Å². The van der Waals surface area contributed by atoms with E-state index in [0.29, 0.717) is 54.4 Å². The lowest BCUT2D eigenvalue weighted by atomic mass is 9.85. The van der Waals surface area contributed by atoms with Gasteiger partial charge in [-0.25, -0.2) is 0 Å². The highest BCUT2D eigenvalue weighted by Gasteiger charge is 2.41. The molecule has 29 heavy (non-hydrogen) atoms. The first-order valence-electron chi connectivity index (χ1n) is 9.69. The van der Waals surface area contributed by atoms with E-state index in [1.54, 1.807) is 28.4 Å². The van der Waals surface area contributed by atoms with Gasteiger partial charge in [0.15, 0.2) is 23.0 Å². The zero-order valence-electron chi connectivity index (χ0n) is 17.5. The monoisotopic (exact) mass is 401 g/mol. The summed E-state index contributed by atoms with van der Waals surface area (Å²) in [5, 5.41) is 24.5. The number of nitrogens with zero attached hydrogens (tertiary/aromatic N) is 1. The minimum atomic E-state index is -0.365. The summed E-state index contributed by atoms with van der Waals surface area (Å²) in [7, 11) is 7.95. The number of likely N-dealkylation sites (N-methyl/N-ethyl adjacent to an activating group) is 1. The molecule has 7 nitrogen and oxygen atoms in total. The molecule has 2 aromatic rings. The summed E-state index contributed by atoms with van der Waals surface area (Å²) in [5.74, 6) is 1.91. The van der Waals surface area contributed by atoms with Gasteiger partial charge >= 0.3 is 0 Å². The average molecular weight is 401 g/mol. The molecule has 2 atom stereocenters. The smallest absolute Gasteiger partial charge is 0.203 e. The zero-order valence-corrected chi connectivity index (χ0v) is 17.5. The molecular weight excluding hydrogens is 374 g/mol. The highest BCUT2D eigenvalue weighted by Crippen LogP contribution is 2.57. The van der Waals surface area contributed by atoms with Crippen molar-refractivity contribution in [2.75, 3.05) is 42.0 Å². The van der Waals surface area contributed by atoms with E-state index in [9.17, 15) is 10.3 Å². The summed E-state index contributed by atoms with van der Waals surface area (Å²) in [6, 6.07) is 3.49. The zero-order chi connectivity index (χ0) is 20.9. The molecule has 1 heterocycles. The maximum absolute atomic E-state index is 13.3. The summed E-state index contributed by atoms with van der Waals surface area (Å²) in [6.07, 6.45) is 1.94. The number of benzene rings is 2. The largest absolute Gasteiger partial charge is 0.633 e. The van der Waals surface area contributed by atoms with E-state index in [1.807, 2.05) is 12.1 Å². The number of rotatable bonds is 4. The minimum absolute atomic E-state index is 0.0202. The van der Waals surface area contributed by atoms with Crippen molar-refractivity contribution in [2.24, 2.45) is 0 Å². The Labute approximate surface area is 170 Å². The first kappa shape index (κ1) is 19.7. The van der Waals surface area contributed by atoms with Gasteiger partial charge in [-0.05, 0) is 29.7 Å². The van der Waals surface area contributed by atoms with Crippen LogP contribution in [0.2, 0.25) is 0 Å². The van der Waals surface area contributed by atoms with Gasteiger partial charge in [-0.3, -0.25) is 0 Å². The average Bonchev–Trinajstić information content (AvgIpc) is 2.89. The van der Waals surface area contributed by atoms with E-state index < -0.39 is 0 Å². The molecule has 0 saturated carbocycles. The Bertz CT molecular complexity index is 969. The SMILES string of the molecule is COc1cc2c3c(c1O)-c1c(cc(OC)c(OC)c1OC)CC[C@H]3[N+](C)([O-])CC2. The number of hydroxylamine groups is 3. The van der Waals surface area contributed by atoms with Crippen LogP contribution in [0.3, 0.4) is 0 Å². The van der Waals surface area contributed by atoms with Crippen LogP contribution in [0.15, 0.2) is 12.1 Å². The van der Waals surface area contributed by atoms with E-state index in [1.165, 1.54) is 7.11 Å². The Morgan fingerprint density at radius 2 is 1.55 bits per heavy atom. The number of hydrogen-bond acceptors (Lipinski definition) is 6. The van der Waals surface area contributed by atoms with Crippen LogP contribution in [-0.2, 0) is 12.8 Å². The predicted octanol–water partition coefficient (Wildman–Crippen LogP) is 3.58. The predicted molar refractivity (Wildman–Crippen MR) is 109 cm³/mol. The molecule has 1 aliphatic heterocycles. The Hall–Kier alpha value is -2.64. The lowest BCUT2D eigenvalue weighted by molar-refractivity contribution is -0.895. The molecular formula is C22H27NO6. The van der Waals surface area contributed by atoms with Crippen molar-refractivity contribution in [2.45, 2.75) is 25.3 Å². The summed E-state index contributed by atoms with van der Waals surface area (Å²) in [6.45, 7) is 0.491. The van der Waals surface area contributed by atoms with Crippen LogP contribution in [0.4, 0.5) is 0 Å². The third kappa shape index (κ3) is 2.80. The van der Waals surface area contributed by atoms with Gasteiger partial charge in [-0.2, -0.15) is 0 Å². The fourth-order valence-corrected chi connectivity index (χ4v) is 4.87. The number of phenols is 1. The molecule has 0 fully saturated rings. The van der Waals surface area contributed by atoms with Crippen LogP contribution in [0, 0.1) is 5.21 Å². The molecule has 156 valence electrons. The molecule has 1 aliphatic carbocycles. The first-order valence-corrected chi connectivity index (χ1v) is 9.69. The summed E-state index contributed by atoms with van der Waals surface area (Å²) < 4.78 is 22.0. The molecule has 2 aliphatic rings. The Kier molecular flexibility index (Phi) is 4.75. The molecule has 0 amide bonds. The van der Waals surface area contributed by atoms with Gasteiger partial charge in [0.25, 0.3) is 0 Å². The van der Waals surface area contributed by atoms with Crippen molar-refractivity contribution in [3.63, 3.8) is 0 Å². The Morgan fingerprint density at radius 3 is 2.17 bits per heavy atom. The maximum atomic E-state index is 13.3. The van der Waals surface area contributed by atoms with Crippen molar-refractivity contribution in [3.05, 3.63) is 34.0 Å². The van der Waals surface area contributed by atoms with E-state index in [-0.39, 0.29) is 16.4 Å². The molecule has 0 spiro atoms. The van der Waals surface area contributed by atoms with Gasteiger partial charge in [0, 0.05) is 29.5 Å². The van der Waals surface area contributed by atoms with E-state index >= 15 is 0 Å². The second kappa shape index (κ2) is 7.00. The summed E-state index contributed by atoms with van der Waals surface area (Å²) in [5.41, 5.74) is 4.21. The molecule has 0 aromatic heterocycles. The first-order chi connectivity index (χ1) is 13.9. The minimum Gasteiger partial charge on any atom is -0.633 e. The van der Waals surface area contributed by atoms with Gasteiger partial charge in [0.05, 0.1) is 42.0 Å². The number of hydrogen-bond donors (Lipinski definition) is 1. The maximum Gasteiger partial charge on any atom is 0.203 e. The third-order valence-corrected chi connectivity index (χ3v) is 6.28. The third-order valence-electron chi connectivity index (χ3n) is 6.28. The van der Waals surface area contributed by atoms with Gasteiger partial charge < -0.3 is 33.9 Å². The van der Waals surface area contributed by atoms with Crippen molar-refractivity contribution in [1.82, 2.24) is 0 Å². The summed E-state index contributed by atoms with van der Waals surface area (Å²) >= 11 is 0. The van der Waals surface area contributed by atoms with Gasteiger partial charge in [-0.15, -0.1) is 0 Å². The van der Waals surface area contributed by atoms with Gasteiger partial charge in [0.2, 0.25) is 5.75 Å². The second-order valence-corrected chi connectivity index (χ2v) is 7.76. The van der Waals surface area contributed by atoms with Crippen LogP contribution < -0.4 is 18.9 Å². The number of quaternary nitrogens is 1. The molecule has 0 saturated heterocycles. The number of fused-ring (bicyclic) bond motifs is 2. The van der Waals surface area contributed by atoms with Gasteiger partial charge in [-0.1, -0.05) is 0 Å². The second-order valence-electron chi connectivity index (χ2n) is 7.76. The topological polar surface area (TPSA) is 80.2 Å². The van der Waals surface area contributed by atoms with Crippen molar-refractivity contribution >= 4 is 0 Å². The van der Waals surface area contributed by atoms with Crippen LogP contribution in [0.25, 0.3) is 11.1 Å². The highest BCUT2D eigenvalue weighted by atomic mass is 16.5. The number of ether oxygens (including phenoxy) is 4. The molecule has 0 bridgehead atoms. The molecule has 7 heteroatoms. The van der Waals surface area contributed by atoms with Crippen LogP contribution in [-0.4, -0.2) is 51.8 Å². The Balaban J connectivity index is 2.15. The van der Waals surface area contributed by atoms with E-state index in [4.69, 9.17) is 18.9 Å². The summed E-state index contributed by atoms with van der Waals surface area (Å²) in [4.78, 5) is 0. The number of phenolic OH excluding ortho intramolecular Hbond substituents is 1. The van der Waals surface area contributed by atoms with Crippen molar-refractivity contribution in [3.8, 4) is 39.9 Å². The fraction of sp³-hybridized carbons (Fsp3) is 0.455. The lowest BCUT2D eigenvalue weighted by Crippen LogP contribution is -2.46. The van der Waals surface area contributed by atoms with Crippen molar-refractivity contribution < 1.29 is 28.7 Å².